The van der Waals surface area contributed by atoms with E-state index in [0.717, 1.165) is 4.90 Å². The molecule has 0 atom stereocenters. The van der Waals surface area contributed by atoms with Crippen LogP contribution in [-0.2, 0) is 0 Å². The van der Waals surface area contributed by atoms with Crippen molar-refractivity contribution in [1.29, 1.82) is 0 Å². The van der Waals surface area contributed by atoms with Crippen LogP contribution >= 0.6 is 0 Å². The zero-order valence-corrected chi connectivity index (χ0v) is 12.0. The zero-order valence-electron chi connectivity index (χ0n) is 12.0. The number of imide groups is 1. The van der Waals surface area contributed by atoms with E-state index in [-0.39, 0.29) is 28.3 Å². The number of rotatable bonds is 4. The summed E-state index contributed by atoms with van der Waals surface area (Å²) in [5.41, 5.74) is 0.336. The van der Waals surface area contributed by atoms with Crippen LogP contribution in [0, 0.1) is 0 Å². The largest absolute Gasteiger partial charge is 0.493 e. The van der Waals surface area contributed by atoms with Gasteiger partial charge < -0.3 is 9.47 Å². The molecule has 0 bridgehead atoms. The Morgan fingerprint density at radius 1 is 0.957 bits per heavy atom. The average molecular weight is 319 g/mol. The summed E-state index contributed by atoms with van der Waals surface area (Å²) in [6.45, 7) is -3.12. The SMILES string of the molecule is COc1cccc(N2C(=O)c3ccccc3C2=O)c1OC(F)F. The summed E-state index contributed by atoms with van der Waals surface area (Å²) in [5.74, 6) is -1.56. The highest BCUT2D eigenvalue weighted by molar-refractivity contribution is 6.34. The molecule has 0 saturated heterocycles. The number of methoxy groups -OCH3 is 1. The summed E-state index contributed by atoms with van der Waals surface area (Å²) in [4.78, 5) is 25.7. The molecule has 2 aromatic rings. The molecule has 0 unspecified atom stereocenters. The quantitative estimate of drug-likeness (QED) is 0.813. The van der Waals surface area contributed by atoms with Gasteiger partial charge in [0, 0.05) is 0 Å². The van der Waals surface area contributed by atoms with Gasteiger partial charge in [0.15, 0.2) is 11.5 Å². The minimum atomic E-state index is -3.12. The Morgan fingerprint density at radius 2 is 1.57 bits per heavy atom. The molecule has 0 spiro atoms. The maximum atomic E-state index is 12.7. The van der Waals surface area contributed by atoms with Crippen molar-refractivity contribution in [3.63, 3.8) is 0 Å². The van der Waals surface area contributed by atoms with Gasteiger partial charge in [0.1, 0.15) is 0 Å². The van der Waals surface area contributed by atoms with Crippen molar-refractivity contribution in [3.05, 3.63) is 53.6 Å². The Balaban J connectivity index is 2.13. The maximum absolute atomic E-state index is 12.7. The predicted octanol–water partition coefficient (Wildman–Crippen LogP) is 3.10. The molecule has 23 heavy (non-hydrogen) atoms. The molecule has 1 aliphatic rings. The first kappa shape index (κ1) is 15.0. The number of ether oxygens (including phenoxy) is 2. The predicted molar refractivity (Wildman–Crippen MR) is 77.2 cm³/mol. The molecule has 2 amide bonds. The van der Waals surface area contributed by atoms with Crippen LogP contribution in [0.2, 0.25) is 0 Å². The Bertz CT molecular complexity index is 756. The highest BCUT2D eigenvalue weighted by Crippen LogP contribution is 2.41. The second-order valence-electron chi connectivity index (χ2n) is 4.68. The van der Waals surface area contributed by atoms with Gasteiger partial charge in [-0.2, -0.15) is 8.78 Å². The molecule has 7 heteroatoms. The Labute approximate surface area is 130 Å². The van der Waals surface area contributed by atoms with E-state index in [0.29, 0.717) is 0 Å². The van der Waals surface area contributed by atoms with Crippen LogP contribution < -0.4 is 14.4 Å². The van der Waals surface area contributed by atoms with Gasteiger partial charge in [-0.25, -0.2) is 4.90 Å². The van der Waals surface area contributed by atoms with Crippen LogP contribution in [0.1, 0.15) is 20.7 Å². The molecule has 118 valence electrons. The van der Waals surface area contributed by atoms with E-state index in [1.165, 1.54) is 37.4 Å². The summed E-state index contributed by atoms with van der Waals surface area (Å²) in [6.07, 6.45) is 0. The maximum Gasteiger partial charge on any atom is 0.387 e. The van der Waals surface area contributed by atoms with Gasteiger partial charge in [0.25, 0.3) is 11.8 Å². The molecule has 0 saturated carbocycles. The van der Waals surface area contributed by atoms with E-state index in [1.54, 1.807) is 12.1 Å². The Kier molecular flexibility index (Phi) is 3.69. The van der Waals surface area contributed by atoms with E-state index in [2.05, 4.69) is 4.74 Å². The third kappa shape index (κ3) is 2.40. The number of carbonyl (C=O) groups is 2. The summed E-state index contributed by atoms with van der Waals surface area (Å²) >= 11 is 0. The molecule has 0 radical (unpaired) electrons. The van der Waals surface area contributed by atoms with Gasteiger partial charge >= 0.3 is 6.61 Å². The monoisotopic (exact) mass is 319 g/mol. The van der Waals surface area contributed by atoms with Crippen LogP contribution in [0.5, 0.6) is 11.5 Å². The molecule has 0 aromatic heterocycles. The van der Waals surface area contributed by atoms with E-state index in [4.69, 9.17) is 4.74 Å². The molecular weight excluding hydrogens is 308 g/mol. The molecular formula is C16H11F2NO4. The molecule has 1 aliphatic heterocycles. The third-order valence-electron chi connectivity index (χ3n) is 3.42. The molecule has 2 aromatic carbocycles. The first-order valence-electron chi connectivity index (χ1n) is 6.64. The fourth-order valence-corrected chi connectivity index (χ4v) is 2.46. The number of nitrogens with zero attached hydrogens (tertiary/aromatic N) is 1. The molecule has 0 aliphatic carbocycles. The van der Waals surface area contributed by atoms with E-state index >= 15 is 0 Å². The number of hydrogen-bond acceptors (Lipinski definition) is 4. The number of para-hydroxylation sites is 1. The number of halogens is 2. The van der Waals surface area contributed by atoms with Gasteiger partial charge in [-0.05, 0) is 24.3 Å². The number of fused-ring (bicyclic) bond motifs is 1. The number of carbonyl (C=O) groups excluding carboxylic acids is 2. The average Bonchev–Trinajstić information content (AvgIpc) is 2.79. The minimum absolute atomic E-state index is 0.000596. The van der Waals surface area contributed by atoms with Gasteiger partial charge in [0.2, 0.25) is 0 Å². The van der Waals surface area contributed by atoms with Crippen molar-refractivity contribution in [1.82, 2.24) is 0 Å². The molecule has 1 heterocycles. The van der Waals surface area contributed by atoms with Gasteiger partial charge in [-0.15, -0.1) is 0 Å². The lowest BCUT2D eigenvalue weighted by atomic mass is 10.1. The lowest BCUT2D eigenvalue weighted by Gasteiger charge is -2.20. The van der Waals surface area contributed by atoms with Crippen molar-refractivity contribution >= 4 is 17.5 Å². The van der Waals surface area contributed by atoms with Crippen LogP contribution in [0.15, 0.2) is 42.5 Å². The summed E-state index contributed by atoms with van der Waals surface area (Å²) in [5, 5.41) is 0. The third-order valence-corrected chi connectivity index (χ3v) is 3.42. The van der Waals surface area contributed by atoms with Crippen LogP contribution in [0.25, 0.3) is 0 Å². The number of hydrogen-bond donors (Lipinski definition) is 0. The highest BCUT2D eigenvalue weighted by atomic mass is 19.3. The van der Waals surface area contributed by atoms with Gasteiger partial charge in [-0.1, -0.05) is 18.2 Å². The summed E-state index contributed by atoms with van der Waals surface area (Å²) < 4.78 is 34.8. The standard InChI is InChI=1S/C16H11F2NO4/c1-22-12-8-4-7-11(13(12)23-16(17)18)19-14(20)9-5-2-3-6-10(9)15(19)21/h2-8,16H,1H3. The first-order chi connectivity index (χ1) is 11.0. The van der Waals surface area contributed by atoms with Crippen LogP contribution in [-0.4, -0.2) is 25.5 Å². The lowest BCUT2D eigenvalue weighted by molar-refractivity contribution is -0.0508. The van der Waals surface area contributed by atoms with Crippen molar-refractivity contribution in [2.45, 2.75) is 6.61 Å². The number of benzene rings is 2. The fourth-order valence-electron chi connectivity index (χ4n) is 2.46. The number of anilines is 1. The first-order valence-corrected chi connectivity index (χ1v) is 6.64. The Morgan fingerprint density at radius 3 is 2.09 bits per heavy atom. The molecule has 3 rings (SSSR count). The van der Waals surface area contributed by atoms with Crippen molar-refractivity contribution in [3.8, 4) is 11.5 Å². The number of amides is 2. The van der Waals surface area contributed by atoms with Crippen LogP contribution in [0.3, 0.4) is 0 Å². The highest BCUT2D eigenvalue weighted by Gasteiger charge is 2.38. The summed E-state index contributed by atoms with van der Waals surface area (Å²) in [6, 6.07) is 10.5. The van der Waals surface area contributed by atoms with Crippen molar-refractivity contribution in [2.24, 2.45) is 0 Å². The van der Waals surface area contributed by atoms with Crippen molar-refractivity contribution in [2.75, 3.05) is 12.0 Å². The normalized spacial score (nSPS) is 13.5. The van der Waals surface area contributed by atoms with Gasteiger partial charge in [-0.3, -0.25) is 9.59 Å². The molecule has 5 nitrogen and oxygen atoms in total. The molecule has 0 fully saturated rings. The molecule has 0 N–H and O–H groups in total. The van der Waals surface area contributed by atoms with Crippen LogP contribution in [0.4, 0.5) is 14.5 Å². The Hall–Kier alpha value is -2.96. The van der Waals surface area contributed by atoms with Gasteiger partial charge in [0.05, 0.1) is 23.9 Å². The zero-order chi connectivity index (χ0) is 16.6. The second kappa shape index (κ2) is 5.68. The lowest BCUT2D eigenvalue weighted by Crippen LogP contribution is -2.30. The smallest absolute Gasteiger partial charge is 0.387 e. The van der Waals surface area contributed by atoms with E-state index < -0.39 is 18.4 Å². The fraction of sp³-hybridized carbons (Fsp3) is 0.125. The van der Waals surface area contributed by atoms with E-state index in [1.807, 2.05) is 0 Å². The second-order valence-corrected chi connectivity index (χ2v) is 4.68. The van der Waals surface area contributed by atoms with E-state index in [9.17, 15) is 18.4 Å². The topological polar surface area (TPSA) is 55.8 Å². The minimum Gasteiger partial charge on any atom is -0.493 e. The number of alkyl halides is 2. The summed E-state index contributed by atoms with van der Waals surface area (Å²) in [7, 11) is 1.28. The van der Waals surface area contributed by atoms with Crippen molar-refractivity contribution < 1.29 is 27.8 Å².